The molecule has 1 N–H and O–H groups in total. The molecule has 0 aliphatic heterocycles. The summed E-state index contributed by atoms with van der Waals surface area (Å²) in [6.07, 6.45) is 1.55. The van der Waals surface area contributed by atoms with Crippen molar-refractivity contribution in [3.05, 3.63) is 51.0 Å². The zero-order chi connectivity index (χ0) is 15.6. The second kappa shape index (κ2) is 6.71. The molecule has 5 heteroatoms. The van der Waals surface area contributed by atoms with E-state index in [1.807, 2.05) is 37.8 Å². The second-order valence-corrected chi connectivity index (χ2v) is 6.05. The van der Waals surface area contributed by atoms with Crippen LogP contribution in [0, 0.1) is 12.7 Å². The molecule has 0 radical (unpaired) electrons. The van der Waals surface area contributed by atoms with Gasteiger partial charge >= 0.3 is 0 Å². The van der Waals surface area contributed by atoms with Crippen molar-refractivity contribution in [1.82, 2.24) is 15.1 Å². The maximum Gasteiger partial charge on any atom is 0.128 e. The molecular formula is C16H21BrFN3. The van der Waals surface area contributed by atoms with Crippen LogP contribution < -0.4 is 5.32 Å². The van der Waals surface area contributed by atoms with Crippen LogP contribution in [0.1, 0.15) is 35.5 Å². The standard InChI is InChI=1S/C16H21BrFN3/c1-5-13-16(17)15(21(4)20-13)9-14(19-3)11-7-6-10(2)8-12(11)18/h6-8,14,19H,5,9H2,1-4H3. The summed E-state index contributed by atoms with van der Waals surface area (Å²) in [5.74, 6) is -0.164. The number of rotatable bonds is 5. The second-order valence-electron chi connectivity index (χ2n) is 5.25. The summed E-state index contributed by atoms with van der Waals surface area (Å²) in [7, 11) is 3.78. The Morgan fingerprint density at radius 2 is 2.14 bits per heavy atom. The third kappa shape index (κ3) is 3.35. The lowest BCUT2D eigenvalue weighted by atomic mass is 10.00. The lowest BCUT2D eigenvalue weighted by Crippen LogP contribution is -2.21. The summed E-state index contributed by atoms with van der Waals surface area (Å²) >= 11 is 3.62. The molecule has 0 bridgehead atoms. The van der Waals surface area contributed by atoms with Gasteiger partial charge in [-0.15, -0.1) is 0 Å². The van der Waals surface area contributed by atoms with E-state index in [0.717, 1.165) is 27.8 Å². The van der Waals surface area contributed by atoms with Crippen molar-refractivity contribution in [2.45, 2.75) is 32.7 Å². The molecule has 0 fully saturated rings. The van der Waals surface area contributed by atoms with E-state index in [0.29, 0.717) is 12.0 Å². The van der Waals surface area contributed by atoms with E-state index in [2.05, 4.69) is 33.3 Å². The predicted molar refractivity (Wildman–Crippen MR) is 86.9 cm³/mol. The zero-order valence-corrected chi connectivity index (χ0v) is 14.5. The molecule has 0 aliphatic rings. The summed E-state index contributed by atoms with van der Waals surface area (Å²) < 4.78 is 17.1. The zero-order valence-electron chi connectivity index (χ0n) is 12.9. The lowest BCUT2D eigenvalue weighted by Gasteiger charge is -2.18. The number of halogens is 2. The van der Waals surface area contributed by atoms with E-state index in [-0.39, 0.29) is 11.9 Å². The van der Waals surface area contributed by atoms with Crippen LogP contribution >= 0.6 is 15.9 Å². The van der Waals surface area contributed by atoms with Gasteiger partial charge in [-0.2, -0.15) is 5.10 Å². The topological polar surface area (TPSA) is 29.9 Å². The number of nitrogens with zero attached hydrogens (tertiary/aromatic N) is 2. The van der Waals surface area contributed by atoms with Gasteiger partial charge in [0.15, 0.2) is 0 Å². The molecule has 0 saturated carbocycles. The fourth-order valence-corrected chi connectivity index (χ4v) is 3.30. The first kappa shape index (κ1) is 16.2. The van der Waals surface area contributed by atoms with Crippen molar-refractivity contribution in [3.8, 4) is 0 Å². The van der Waals surface area contributed by atoms with Gasteiger partial charge in [0.2, 0.25) is 0 Å². The Bertz CT molecular complexity index is 637. The van der Waals surface area contributed by atoms with Crippen LogP contribution in [0.5, 0.6) is 0 Å². The fourth-order valence-electron chi connectivity index (χ4n) is 2.52. The van der Waals surface area contributed by atoms with Crippen LogP contribution in [0.2, 0.25) is 0 Å². The monoisotopic (exact) mass is 353 g/mol. The van der Waals surface area contributed by atoms with E-state index in [1.54, 1.807) is 6.07 Å². The van der Waals surface area contributed by atoms with E-state index in [1.165, 1.54) is 0 Å². The summed E-state index contributed by atoms with van der Waals surface area (Å²) in [6.45, 7) is 3.97. The first-order valence-electron chi connectivity index (χ1n) is 7.11. The quantitative estimate of drug-likeness (QED) is 0.888. The third-order valence-corrected chi connectivity index (χ3v) is 4.70. The average molecular weight is 354 g/mol. The van der Waals surface area contributed by atoms with Crippen LogP contribution in [0.15, 0.2) is 22.7 Å². The number of aryl methyl sites for hydroxylation is 3. The predicted octanol–water partition coefficient (Wildman–Crippen LogP) is 3.70. The van der Waals surface area contributed by atoms with Gasteiger partial charge in [-0.25, -0.2) is 4.39 Å². The molecule has 1 unspecified atom stereocenters. The number of hydrogen-bond donors (Lipinski definition) is 1. The van der Waals surface area contributed by atoms with Crippen LogP contribution in [-0.2, 0) is 19.9 Å². The van der Waals surface area contributed by atoms with Crippen molar-refractivity contribution in [3.63, 3.8) is 0 Å². The Morgan fingerprint density at radius 1 is 1.43 bits per heavy atom. The molecule has 1 aromatic carbocycles. The van der Waals surface area contributed by atoms with Crippen LogP contribution in [0.4, 0.5) is 4.39 Å². The molecule has 0 amide bonds. The van der Waals surface area contributed by atoms with Crippen molar-refractivity contribution in [1.29, 1.82) is 0 Å². The Labute approximate surface area is 133 Å². The highest BCUT2D eigenvalue weighted by molar-refractivity contribution is 9.10. The molecule has 1 aromatic heterocycles. The molecule has 3 nitrogen and oxygen atoms in total. The minimum Gasteiger partial charge on any atom is -0.313 e. The van der Waals surface area contributed by atoms with Gasteiger partial charge in [-0.1, -0.05) is 19.1 Å². The first-order chi connectivity index (χ1) is 9.97. The van der Waals surface area contributed by atoms with Crippen LogP contribution in [-0.4, -0.2) is 16.8 Å². The number of nitrogens with one attached hydrogen (secondary N) is 1. The van der Waals surface area contributed by atoms with Gasteiger partial charge in [0.25, 0.3) is 0 Å². The molecule has 1 heterocycles. The van der Waals surface area contributed by atoms with E-state index in [9.17, 15) is 4.39 Å². The van der Waals surface area contributed by atoms with Gasteiger partial charge in [-0.05, 0) is 48.0 Å². The Hall–Kier alpha value is -1.20. The number of likely N-dealkylation sites (N-methyl/N-ethyl adjacent to an activating group) is 1. The van der Waals surface area contributed by atoms with Gasteiger partial charge < -0.3 is 5.32 Å². The molecular weight excluding hydrogens is 333 g/mol. The number of aromatic nitrogens is 2. The molecule has 2 rings (SSSR count). The largest absolute Gasteiger partial charge is 0.313 e. The Kier molecular flexibility index (Phi) is 5.17. The van der Waals surface area contributed by atoms with Gasteiger partial charge in [0, 0.05) is 25.1 Å². The molecule has 0 aliphatic carbocycles. The molecule has 0 saturated heterocycles. The smallest absolute Gasteiger partial charge is 0.128 e. The van der Waals surface area contributed by atoms with Gasteiger partial charge in [-0.3, -0.25) is 4.68 Å². The summed E-state index contributed by atoms with van der Waals surface area (Å²) in [6, 6.07) is 5.30. The minimum atomic E-state index is -0.164. The third-order valence-electron chi connectivity index (χ3n) is 3.78. The van der Waals surface area contributed by atoms with Gasteiger partial charge in [0.05, 0.1) is 15.9 Å². The molecule has 1 atom stereocenters. The van der Waals surface area contributed by atoms with Crippen molar-refractivity contribution in [2.24, 2.45) is 7.05 Å². The highest BCUT2D eigenvalue weighted by Crippen LogP contribution is 2.28. The molecule has 2 aromatic rings. The molecule has 0 spiro atoms. The summed E-state index contributed by atoms with van der Waals surface area (Å²) in [5.41, 5.74) is 3.73. The SMILES string of the molecule is CCc1nn(C)c(CC(NC)c2ccc(C)cc2F)c1Br. The first-order valence-corrected chi connectivity index (χ1v) is 7.90. The Balaban J connectivity index is 2.33. The number of hydrogen-bond acceptors (Lipinski definition) is 2. The maximum absolute atomic E-state index is 14.2. The van der Waals surface area contributed by atoms with E-state index >= 15 is 0 Å². The average Bonchev–Trinajstić information content (AvgIpc) is 2.72. The van der Waals surface area contributed by atoms with Crippen LogP contribution in [0.3, 0.4) is 0 Å². The van der Waals surface area contributed by atoms with Crippen LogP contribution in [0.25, 0.3) is 0 Å². The lowest BCUT2D eigenvalue weighted by molar-refractivity contribution is 0.518. The molecule has 114 valence electrons. The van der Waals surface area contributed by atoms with Crippen molar-refractivity contribution in [2.75, 3.05) is 7.05 Å². The normalized spacial score (nSPS) is 12.7. The highest BCUT2D eigenvalue weighted by atomic mass is 79.9. The van der Waals surface area contributed by atoms with Crippen molar-refractivity contribution >= 4 is 15.9 Å². The molecule has 21 heavy (non-hydrogen) atoms. The Morgan fingerprint density at radius 3 is 2.67 bits per heavy atom. The summed E-state index contributed by atoms with van der Waals surface area (Å²) in [5, 5.41) is 7.70. The summed E-state index contributed by atoms with van der Waals surface area (Å²) in [4.78, 5) is 0. The number of benzene rings is 1. The van der Waals surface area contributed by atoms with E-state index in [4.69, 9.17) is 0 Å². The van der Waals surface area contributed by atoms with Crippen molar-refractivity contribution < 1.29 is 4.39 Å². The highest BCUT2D eigenvalue weighted by Gasteiger charge is 2.20. The maximum atomic E-state index is 14.2. The minimum absolute atomic E-state index is 0.0815. The van der Waals surface area contributed by atoms with Gasteiger partial charge in [0.1, 0.15) is 5.82 Å². The fraction of sp³-hybridized carbons (Fsp3) is 0.438. The van der Waals surface area contributed by atoms with E-state index < -0.39 is 0 Å².